The molecule has 3 heterocycles. The van der Waals surface area contributed by atoms with Crippen molar-refractivity contribution >= 4 is 0 Å². The van der Waals surface area contributed by atoms with Crippen LogP contribution in [0.3, 0.4) is 0 Å². The molecule has 0 radical (unpaired) electrons. The van der Waals surface area contributed by atoms with E-state index >= 15 is 0 Å². The maximum atomic E-state index is 9.39. The van der Waals surface area contributed by atoms with Gasteiger partial charge in [-0.2, -0.15) is 0 Å². The van der Waals surface area contributed by atoms with E-state index in [1.165, 1.54) is 0 Å². The fourth-order valence-corrected chi connectivity index (χ4v) is 2.87. The van der Waals surface area contributed by atoms with Crippen LogP contribution >= 0.6 is 0 Å². The molecule has 0 unspecified atom stereocenters. The number of ether oxygens (including phenoxy) is 5. The first kappa shape index (κ1) is 12.8. The molecule has 1 N–H and O–H groups in total. The summed E-state index contributed by atoms with van der Waals surface area (Å²) in [6.07, 6.45) is -1.78. The third-order valence-corrected chi connectivity index (χ3v) is 3.43. The lowest BCUT2D eigenvalue weighted by molar-refractivity contribution is -0.347. The van der Waals surface area contributed by atoms with E-state index in [0.717, 1.165) is 0 Å². The van der Waals surface area contributed by atoms with E-state index in [9.17, 15) is 5.11 Å². The third kappa shape index (κ3) is 1.97. The Morgan fingerprint density at radius 3 is 2.11 bits per heavy atom. The molecular formula is C12H20O6. The van der Waals surface area contributed by atoms with Gasteiger partial charge in [0, 0.05) is 0 Å². The average molecular weight is 260 g/mol. The third-order valence-electron chi connectivity index (χ3n) is 3.43. The molecule has 6 nitrogen and oxygen atoms in total. The summed E-state index contributed by atoms with van der Waals surface area (Å²) in [7, 11) is 0. The molecule has 0 aromatic rings. The Kier molecular flexibility index (Phi) is 2.75. The van der Waals surface area contributed by atoms with Crippen molar-refractivity contribution in [3.05, 3.63) is 0 Å². The van der Waals surface area contributed by atoms with Crippen LogP contribution in [0, 0.1) is 0 Å². The zero-order valence-corrected chi connectivity index (χ0v) is 11.1. The van der Waals surface area contributed by atoms with Crippen LogP contribution < -0.4 is 0 Å². The van der Waals surface area contributed by atoms with Crippen molar-refractivity contribution in [3.63, 3.8) is 0 Å². The molecular weight excluding hydrogens is 240 g/mol. The number of rotatable bonds is 1. The number of hydrogen-bond acceptors (Lipinski definition) is 6. The lowest BCUT2D eigenvalue weighted by atomic mass is 10.0. The number of fused-ring (bicyclic) bond motifs is 3. The summed E-state index contributed by atoms with van der Waals surface area (Å²) in [5.74, 6) is -1.43. The van der Waals surface area contributed by atoms with Crippen molar-refractivity contribution in [2.75, 3.05) is 6.61 Å². The zero-order chi connectivity index (χ0) is 13.1. The molecule has 0 aromatic heterocycles. The molecule has 3 fully saturated rings. The fourth-order valence-electron chi connectivity index (χ4n) is 2.87. The minimum Gasteiger partial charge on any atom is -0.394 e. The summed E-state index contributed by atoms with van der Waals surface area (Å²) in [6, 6.07) is 0. The van der Waals surface area contributed by atoms with Gasteiger partial charge in [0.15, 0.2) is 17.9 Å². The Balaban J connectivity index is 1.83. The van der Waals surface area contributed by atoms with Gasteiger partial charge in [-0.3, -0.25) is 0 Å². The lowest BCUT2D eigenvalue weighted by Gasteiger charge is -2.43. The summed E-state index contributed by atoms with van der Waals surface area (Å²) < 4.78 is 28.8. The van der Waals surface area contributed by atoms with Crippen LogP contribution in [-0.2, 0) is 23.7 Å². The molecule has 6 heteroatoms. The van der Waals surface area contributed by atoms with Crippen LogP contribution in [0.25, 0.3) is 0 Å². The minimum absolute atomic E-state index is 0.114. The second kappa shape index (κ2) is 3.88. The van der Waals surface area contributed by atoms with E-state index in [2.05, 4.69) is 0 Å². The second-order valence-corrected chi connectivity index (χ2v) is 5.89. The Labute approximate surface area is 106 Å². The summed E-state index contributed by atoms with van der Waals surface area (Å²) in [6.45, 7) is 7.21. The molecule has 0 aliphatic carbocycles. The van der Waals surface area contributed by atoms with Crippen LogP contribution in [0.2, 0.25) is 0 Å². The van der Waals surface area contributed by atoms with Gasteiger partial charge in [-0.05, 0) is 27.7 Å². The largest absolute Gasteiger partial charge is 0.394 e. The molecule has 3 rings (SSSR count). The van der Waals surface area contributed by atoms with Crippen LogP contribution in [0.4, 0.5) is 0 Å². The highest BCUT2D eigenvalue weighted by Gasteiger charge is 2.60. The first-order valence-electron chi connectivity index (χ1n) is 6.29. The van der Waals surface area contributed by atoms with E-state index in [1.807, 2.05) is 27.7 Å². The standard InChI is InChI=1S/C12H20O6/c1-11(2)15-6(5-13)7-8(16-11)9-10(14-7)18-12(3,4)17-9/h6-10,13H,5H2,1-4H3/t6-,7+,8-,9+,10-/m0/s1. The molecule has 0 bridgehead atoms. The Bertz CT molecular complexity index is 341. The van der Waals surface area contributed by atoms with Gasteiger partial charge in [0.2, 0.25) is 0 Å². The van der Waals surface area contributed by atoms with Crippen molar-refractivity contribution in [1.82, 2.24) is 0 Å². The number of aliphatic hydroxyl groups excluding tert-OH is 1. The summed E-state index contributed by atoms with van der Waals surface area (Å²) in [5, 5.41) is 9.39. The van der Waals surface area contributed by atoms with Crippen molar-refractivity contribution in [1.29, 1.82) is 0 Å². The molecule has 0 spiro atoms. The maximum Gasteiger partial charge on any atom is 0.190 e. The van der Waals surface area contributed by atoms with Gasteiger partial charge in [0.05, 0.1) is 6.61 Å². The molecule has 104 valence electrons. The van der Waals surface area contributed by atoms with Crippen LogP contribution in [0.15, 0.2) is 0 Å². The van der Waals surface area contributed by atoms with Crippen LogP contribution in [0.1, 0.15) is 27.7 Å². The predicted octanol–water partition coefficient (Wildman–Crippen LogP) is 0.375. The Morgan fingerprint density at radius 1 is 0.833 bits per heavy atom. The van der Waals surface area contributed by atoms with E-state index < -0.39 is 24.0 Å². The van der Waals surface area contributed by atoms with Crippen molar-refractivity contribution < 1.29 is 28.8 Å². The first-order chi connectivity index (χ1) is 8.31. The van der Waals surface area contributed by atoms with Crippen LogP contribution in [-0.4, -0.2) is 54.0 Å². The van der Waals surface area contributed by atoms with Crippen LogP contribution in [0.5, 0.6) is 0 Å². The monoisotopic (exact) mass is 260 g/mol. The number of aliphatic hydroxyl groups is 1. The highest BCUT2D eigenvalue weighted by atomic mass is 16.9. The summed E-state index contributed by atoms with van der Waals surface area (Å²) in [5.41, 5.74) is 0. The minimum atomic E-state index is -0.761. The van der Waals surface area contributed by atoms with Gasteiger partial charge < -0.3 is 28.8 Å². The molecule has 3 aliphatic heterocycles. The first-order valence-corrected chi connectivity index (χ1v) is 6.29. The fraction of sp³-hybridized carbons (Fsp3) is 1.00. The molecule has 3 saturated heterocycles. The lowest BCUT2D eigenvalue weighted by Crippen LogP contribution is -2.56. The molecule has 0 saturated carbocycles. The van der Waals surface area contributed by atoms with Gasteiger partial charge in [0.25, 0.3) is 0 Å². The SMILES string of the molecule is CC1(C)O[C@@H]2O[C@H]3[C@H](OC(C)(C)O[C@H]3CO)[C@H]2O1. The van der Waals surface area contributed by atoms with E-state index in [4.69, 9.17) is 23.7 Å². The second-order valence-electron chi connectivity index (χ2n) is 5.89. The number of hydrogen-bond donors (Lipinski definition) is 1. The Morgan fingerprint density at radius 2 is 1.44 bits per heavy atom. The zero-order valence-electron chi connectivity index (χ0n) is 11.1. The smallest absolute Gasteiger partial charge is 0.190 e. The van der Waals surface area contributed by atoms with Crippen molar-refractivity contribution in [2.24, 2.45) is 0 Å². The molecule has 5 atom stereocenters. The predicted molar refractivity (Wildman–Crippen MR) is 59.6 cm³/mol. The highest BCUT2D eigenvalue weighted by Crippen LogP contribution is 2.44. The van der Waals surface area contributed by atoms with Gasteiger partial charge in [-0.1, -0.05) is 0 Å². The normalized spacial score (nSPS) is 48.8. The highest BCUT2D eigenvalue weighted by molar-refractivity contribution is 5.00. The van der Waals surface area contributed by atoms with Gasteiger partial charge in [-0.25, -0.2) is 0 Å². The van der Waals surface area contributed by atoms with E-state index in [0.29, 0.717) is 0 Å². The van der Waals surface area contributed by atoms with Gasteiger partial charge in [-0.15, -0.1) is 0 Å². The van der Waals surface area contributed by atoms with E-state index in [1.54, 1.807) is 0 Å². The van der Waals surface area contributed by atoms with Gasteiger partial charge >= 0.3 is 0 Å². The summed E-state index contributed by atoms with van der Waals surface area (Å²) in [4.78, 5) is 0. The van der Waals surface area contributed by atoms with Crippen molar-refractivity contribution in [3.8, 4) is 0 Å². The Hall–Kier alpha value is -0.240. The molecule has 18 heavy (non-hydrogen) atoms. The van der Waals surface area contributed by atoms with E-state index in [-0.39, 0.29) is 24.9 Å². The quantitative estimate of drug-likeness (QED) is 0.735. The topological polar surface area (TPSA) is 66.4 Å². The summed E-state index contributed by atoms with van der Waals surface area (Å²) >= 11 is 0. The maximum absolute atomic E-state index is 9.39. The molecule has 0 amide bonds. The van der Waals surface area contributed by atoms with Gasteiger partial charge in [0.1, 0.15) is 24.4 Å². The molecule has 0 aromatic carbocycles. The van der Waals surface area contributed by atoms with Crippen molar-refractivity contribution in [2.45, 2.75) is 70.0 Å². The average Bonchev–Trinajstić information content (AvgIpc) is 2.69. The molecule has 3 aliphatic rings.